The van der Waals surface area contributed by atoms with E-state index >= 15 is 0 Å². The van der Waals surface area contributed by atoms with Crippen LogP contribution in [-0.2, 0) is 11.2 Å². The van der Waals surface area contributed by atoms with Gasteiger partial charge in [-0.2, -0.15) is 0 Å². The number of nitrogens with zero attached hydrogens (tertiary/aromatic N) is 1. The Morgan fingerprint density at radius 2 is 2.16 bits per heavy atom. The highest BCUT2D eigenvalue weighted by molar-refractivity contribution is 7.80. The van der Waals surface area contributed by atoms with Crippen molar-refractivity contribution in [2.45, 2.75) is 26.3 Å². The lowest BCUT2D eigenvalue weighted by Gasteiger charge is -2.26. The molecule has 1 heterocycles. The molecule has 1 aliphatic heterocycles. The van der Waals surface area contributed by atoms with Crippen molar-refractivity contribution in [3.8, 4) is 11.5 Å². The van der Waals surface area contributed by atoms with E-state index in [1.54, 1.807) is 0 Å². The van der Waals surface area contributed by atoms with Crippen LogP contribution < -0.4 is 9.47 Å². The average Bonchev–Trinajstić information content (AvgIpc) is 2.85. The van der Waals surface area contributed by atoms with Gasteiger partial charge in [-0.3, -0.25) is 0 Å². The summed E-state index contributed by atoms with van der Waals surface area (Å²) in [5.41, 5.74) is 1.20. The van der Waals surface area contributed by atoms with Crippen LogP contribution in [-0.4, -0.2) is 36.6 Å². The van der Waals surface area contributed by atoms with Gasteiger partial charge in [0.1, 0.15) is 0 Å². The number of fused-ring (bicyclic) bond motifs is 1. The molecule has 1 atom stereocenters. The number of hydrogen-bond donors (Lipinski definition) is 0. The molecular formula is C14H19NO3S. The van der Waals surface area contributed by atoms with Gasteiger partial charge < -0.3 is 19.1 Å². The Morgan fingerprint density at radius 3 is 2.89 bits per heavy atom. The van der Waals surface area contributed by atoms with E-state index in [4.69, 9.17) is 26.4 Å². The van der Waals surface area contributed by atoms with Crippen molar-refractivity contribution >= 4 is 17.4 Å². The molecule has 0 aliphatic carbocycles. The molecule has 5 heteroatoms. The zero-order valence-corrected chi connectivity index (χ0v) is 12.3. The highest BCUT2D eigenvalue weighted by atomic mass is 32.1. The fraction of sp³-hybridized carbons (Fsp3) is 0.500. The standard InChI is InChI=1S/C14H19NO3S/c1-4-16-14(19)15(3)10(2)7-11-5-6-12-13(8-11)18-9-17-12/h5-6,8,10H,4,7,9H2,1-3H3. The molecule has 0 fully saturated rings. The summed E-state index contributed by atoms with van der Waals surface area (Å²) in [6.45, 7) is 4.96. The molecule has 4 nitrogen and oxygen atoms in total. The summed E-state index contributed by atoms with van der Waals surface area (Å²) in [6, 6.07) is 6.29. The van der Waals surface area contributed by atoms with Gasteiger partial charge in [-0.05, 0) is 50.2 Å². The highest BCUT2D eigenvalue weighted by Crippen LogP contribution is 2.32. The van der Waals surface area contributed by atoms with Crippen LogP contribution in [0.3, 0.4) is 0 Å². The average molecular weight is 281 g/mol. The first-order valence-electron chi connectivity index (χ1n) is 6.40. The molecule has 0 bridgehead atoms. The van der Waals surface area contributed by atoms with Crippen molar-refractivity contribution in [2.24, 2.45) is 0 Å². The molecule has 1 aromatic rings. The van der Waals surface area contributed by atoms with Crippen LogP contribution in [0.25, 0.3) is 0 Å². The molecule has 2 rings (SSSR count). The van der Waals surface area contributed by atoms with Gasteiger partial charge in [-0.15, -0.1) is 0 Å². The summed E-state index contributed by atoms with van der Waals surface area (Å²) in [5, 5.41) is 0.538. The van der Waals surface area contributed by atoms with Crippen molar-refractivity contribution in [3.05, 3.63) is 23.8 Å². The van der Waals surface area contributed by atoms with E-state index in [9.17, 15) is 0 Å². The molecular weight excluding hydrogens is 262 g/mol. The van der Waals surface area contributed by atoms with Gasteiger partial charge in [0, 0.05) is 13.1 Å². The van der Waals surface area contributed by atoms with E-state index in [1.807, 2.05) is 31.0 Å². The van der Waals surface area contributed by atoms with Crippen molar-refractivity contribution in [1.29, 1.82) is 0 Å². The Kier molecular flexibility index (Phi) is 4.47. The Bertz CT molecular complexity index is 464. The molecule has 1 aromatic carbocycles. The van der Waals surface area contributed by atoms with Gasteiger partial charge in [0.2, 0.25) is 6.79 Å². The maximum absolute atomic E-state index is 5.38. The molecule has 0 saturated heterocycles. The van der Waals surface area contributed by atoms with E-state index < -0.39 is 0 Å². The fourth-order valence-corrected chi connectivity index (χ4v) is 2.25. The zero-order chi connectivity index (χ0) is 13.8. The maximum Gasteiger partial charge on any atom is 0.259 e. The predicted octanol–water partition coefficient (Wildman–Crippen LogP) is 2.60. The SMILES string of the molecule is CCOC(=S)N(C)C(C)Cc1ccc2c(c1)OCO2. The second kappa shape index (κ2) is 6.10. The molecule has 0 radical (unpaired) electrons. The lowest BCUT2D eigenvalue weighted by Crippen LogP contribution is -2.36. The molecule has 0 saturated carbocycles. The summed E-state index contributed by atoms with van der Waals surface area (Å²) in [7, 11) is 1.95. The summed E-state index contributed by atoms with van der Waals surface area (Å²) < 4.78 is 16.0. The van der Waals surface area contributed by atoms with Crippen LogP contribution in [0.4, 0.5) is 0 Å². The molecule has 0 amide bonds. The Balaban J connectivity index is 1.98. The van der Waals surface area contributed by atoms with E-state index in [-0.39, 0.29) is 6.04 Å². The first-order chi connectivity index (χ1) is 9.11. The second-order valence-corrected chi connectivity index (χ2v) is 4.90. The Hall–Kier alpha value is -1.49. The third kappa shape index (κ3) is 3.29. The minimum Gasteiger partial charge on any atom is -0.471 e. The van der Waals surface area contributed by atoms with E-state index in [2.05, 4.69) is 13.0 Å². The van der Waals surface area contributed by atoms with Crippen LogP contribution in [0.2, 0.25) is 0 Å². The Labute approximate surface area is 119 Å². The molecule has 1 unspecified atom stereocenters. The number of benzene rings is 1. The number of ether oxygens (including phenoxy) is 3. The van der Waals surface area contributed by atoms with Gasteiger partial charge in [-0.1, -0.05) is 6.07 Å². The maximum atomic E-state index is 5.38. The van der Waals surface area contributed by atoms with Crippen LogP contribution in [0.15, 0.2) is 18.2 Å². The molecule has 0 N–H and O–H groups in total. The van der Waals surface area contributed by atoms with Gasteiger partial charge in [-0.25, -0.2) is 0 Å². The predicted molar refractivity (Wildman–Crippen MR) is 77.7 cm³/mol. The van der Waals surface area contributed by atoms with Crippen molar-refractivity contribution < 1.29 is 14.2 Å². The van der Waals surface area contributed by atoms with Crippen molar-refractivity contribution in [2.75, 3.05) is 20.4 Å². The third-order valence-electron chi connectivity index (χ3n) is 3.19. The molecule has 0 spiro atoms. The van der Waals surface area contributed by atoms with Crippen molar-refractivity contribution in [1.82, 2.24) is 4.90 Å². The lowest BCUT2D eigenvalue weighted by atomic mass is 10.1. The molecule has 1 aliphatic rings. The van der Waals surface area contributed by atoms with E-state index in [1.165, 1.54) is 5.56 Å². The smallest absolute Gasteiger partial charge is 0.259 e. The number of hydrogen-bond acceptors (Lipinski definition) is 4. The van der Waals surface area contributed by atoms with E-state index in [0.717, 1.165) is 17.9 Å². The molecule has 19 heavy (non-hydrogen) atoms. The monoisotopic (exact) mass is 281 g/mol. The quantitative estimate of drug-likeness (QED) is 0.792. The largest absolute Gasteiger partial charge is 0.471 e. The Morgan fingerprint density at radius 1 is 1.42 bits per heavy atom. The summed E-state index contributed by atoms with van der Waals surface area (Å²) >= 11 is 5.21. The molecule has 0 aromatic heterocycles. The third-order valence-corrected chi connectivity index (χ3v) is 3.59. The second-order valence-electron chi connectivity index (χ2n) is 4.55. The normalized spacial score (nSPS) is 14.1. The number of likely N-dealkylation sites (N-methyl/N-ethyl adjacent to an activating group) is 1. The van der Waals surface area contributed by atoms with Crippen LogP contribution in [0.1, 0.15) is 19.4 Å². The number of thiocarbonyl (C=S) groups is 1. The fourth-order valence-electron chi connectivity index (χ4n) is 1.95. The lowest BCUT2D eigenvalue weighted by molar-refractivity contribution is 0.174. The van der Waals surface area contributed by atoms with Gasteiger partial charge >= 0.3 is 0 Å². The summed E-state index contributed by atoms with van der Waals surface area (Å²) in [4.78, 5) is 1.98. The van der Waals surface area contributed by atoms with Gasteiger partial charge in [0.25, 0.3) is 5.17 Å². The summed E-state index contributed by atoms with van der Waals surface area (Å²) in [6.07, 6.45) is 0.875. The van der Waals surface area contributed by atoms with E-state index in [0.29, 0.717) is 18.6 Å². The van der Waals surface area contributed by atoms with Crippen molar-refractivity contribution in [3.63, 3.8) is 0 Å². The van der Waals surface area contributed by atoms with Gasteiger partial charge in [0.05, 0.1) is 6.61 Å². The first kappa shape index (κ1) is 13.9. The minimum atomic E-state index is 0.263. The van der Waals surface area contributed by atoms with Crippen LogP contribution in [0, 0.1) is 0 Å². The van der Waals surface area contributed by atoms with Crippen LogP contribution >= 0.6 is 12.2 Å². The molecule has 104 valence electrons. The van der Waals surface area contributed by atoms with Gasteiger partial charge in [0.15, 0.2) is 11.5 Å². The minimum absolute atomic E-state index is 0.263. The summed E-state index contributed by atoms with van der Waals surface area (Å²) in [5.74, 6) is 1.63. The van der Waals surface area contributed by atoms with Crippen LogP contribution in [0.5, 0.6) is 11.5 Å². The first-order valence-corrected chi connectivity index (χ1v) is 6.80. The highest BCUT2D eigenvalue weighted by Gasteiger charge is 2.17. The number of rotatable bonds is 4. The zero-order valence-electron chi connectivity index (χ0n) is 11.5. The topological polar surface area (TPSA) is 30.9 Å².